The Balaban J connectivity index is 2.26. The van der Waals surface area contributed by atoms with Crippen LogP contribution in [0.1, 0.15) is 30.0 Å². The van der Waals surface area contributed by atoms with E-state index >= 15 is 0 Å². The summed E-state index contributed by atoms with van der Waals surface area (Å²) >= 11 is 1.67. The van der Waals surface area contributed by atoms with Gasteiger partial charge in [0.05, 0.1) is 11.5 Å². The van der Waals surface area contributed by atoms with Crippen molar-refractivity contribution in [3.8, 4) is 0 Å². The predicted molar refractivity (Wildman–Crippen MR) is 80.3 cm³/mol. The molecule has 2 heterocycles. The second-order valence-corrected chi connectivity index (χ2v) is 5.43. The van der Waals surface area contributed by atoms with Gasteiger partial charge in [-0.05, 0) is 37.3 Å². The Labute approximate surface area is 121 Å². The van der Waals surface area contributed by atoms with E-state index < -0.39 is 0 Å². The Bertz CT molecular complexity index is 618. The van der Waals surface area contributed by atoms with Crippen molar-refractivity contribution in [3.05, 3.63) is 37.7 Å². The average molecular weight is 294 g/mol. The van der Waals surface area contributed by atoms with Gasteiger partial charge in [0.1, 0.15) is 5.69 Å². The highest BCUT2D eigenvalue weighted by Crippen LogP contribution is 2.29. The number of anilines is 1. The lowest BCUT2D eigenvalue weighted by Gasteiger charge is -2.07. The molecule has 108 valence electrons. The minimum Gasteiger partial charge on any atom is -0.360 e. The normalized spacial score (nSPS) is 10.8. The fourth-order valence-electron chi connectivity index (χ4n) is 2.20. The second-order valence-electron chi connectivity index (χ2n) is 4.43. The SMILES string of the molecule is CCc1ccsc1CNc1c([N+](=O)[O-])c(C)nn1CC. The lowest BCUT2D eigenvalue weighted by Crippen LogP contribution is -2.08. The summed E-state index contributed by atoms with van der Waals surface area (Å²) in [6.07, 6.45) is 0.967. The number of nitrogens with zero attached hydrogens (tertiary/aromatic N) is 3. The number of thiophene rings is 1. The van der Waals surface area contributed by atoms with Gasteiger partial charge in [-0.25, -0.2) is 4.68 Å². The first-order valence-electron chi connectivity index (χ1n) is 6.59. The molecule has 0 aromatic carbocycles. The quantitative estimate of drug-likeness (QED) is 0.655. The maximum absolute atomic E-state index is 11.2. The number of nitro groups is 1. The number of rotatable bonds is 6. The maximum Gasteiger partial charge on any atom is 0.333 e. The molecule has 7 heteroatoms. The first kappa shape index (κ1) is 14.5. The number of nitrogens with one attached hydrogen (secondary N) is 1. The fraction of sp³-hybridized carbons (Fsp3) is 0.462. The van der Waals surface area contributed by atoms with E-state index in [9.17, 15) is 10.1 Å². The molecular formula is C13H18N4O2S. The summed E-state index contributed by atoms with van der Waals surface area (Å²) in [5, 5.41) is 20.6. The smallest absolute Gasteiger partial charge is 0.333 e. The van der Waals surface area contributed by atoms with E-state index in [1.165, 1.54) is 10.4 Å². The second kappa shape index (κ2) is 6.04. The zero-order valence-corrected chi connectivity index (χ0v) is 12.7. The molecule has 0 spiro atoms. The third kappa shape index (κ3) is 2.67. The van der Waals surface area contributed by atoms with Crippen molar-refractivity contribution in [1.29, 1.82) is 0 Å². The van der Waals surface area contributed by atoms with E-state index in [0.717, 1.165) is 6.42 Å². The molecule has 0 radical (unpaired) electrons. The van der Waals surface area contributed by atoms with Crippen molar-refractivity contribution in [1.82, 2.24) is 9.78 Å². The van der Waals surface area contributed by atoms with Crippen LogP contribution < -0.4 is 5.32 Å². The van der Waals surface area contributed by atoms with Crippen LogP contribution in [0.5, 0.6) is 0 Å². The van der Waals surface area contributed by atoms with E-state index in [0.29, 0.717) is 24.6 Å². The molecule has 0 amide bonds. The molecule has 0 saturated carbocycles. The molecule has 0 aliphatic rings. The molecule has 1 N–H and O–H groups in total. The van der Waals surface area contributed by atoms with Gasteiger partial charge in [-0.15, -0.1) is 11.3 Å². The van der Waals surface area contributed by atoms with Crippen LogP contribution in [0, 0.1) is 17.0 Å². The Hall–Kier alpha value is -1.89. The van der Waals surface area contributed by atoms with Gasteiger partial charge in [-0.1, -0.05) is 6.92 Å². The van der Waals surface area contributed by atoms with Crippen LogP contribution in [-0.4, -0.2) is 14.7 Å². The molecule has 0 saturated heterocycles. The Kier molecular flexibility index (Phi) is 4.39. The lowest BCUT2D eigenvalue weighted by atomic mass is 10.2. The van der Waals surface area contributed by atoms with Crippen molar-refractivity contribution in [2.24, 2.45) is 0 Å². The molecule has 0 bridgehead atoms. The van der Waals surface area contributed by atoms with E-state index in [4.69, 9.17) is 0 Å². The Morgan fingerprint density at radius 2 is 2.25 bits per heavy atom. The van der Waals surface area contributed by atoms with Crippen LogP contribution in [0.4, 0.5) is 11.5 Å². The molecule has 0 fully saturated rings. The van der Waals surface area contributed by atoms with Crippen molar-refractivity contribution in [2.75, 3.05) is 5.32 Å². The fourth-order valence-corrected chi connectivity index (χ4v) is 3.11. The third-order valence-electron chi connectivity index (χ3n) is 3.21. The van der Waals surface area contributed by atoms with Crippen LogP contribution in [-0.2, 0) is 19.5 Å². The van der Waals surface area contributed by atoms with Gasteiger partial charge < -0.3 is 5.32 Å². The van der Waals surface area contributed by atoms with Crippen LogP contribution in [0.3, 0.4) is 0 Å². The highest BCUT2D eigenvalue weighted by atomic mass is 32.1. The molecule has 2 rings (SSSR count). The van der Waals surface area contributed by atoms with Gasteiger partial charge in [0.2, 0.25) is 5.82 Å². The van der Waals surface area contributed by atoms with Gasteiger partial charge in [-0.3, -0.25) is 10.1 Å². The molecule has 0 atom stereocenters. The van der Waals surface area contributed by atoms with E-state index in [1.54, 1.807) is 22.9 Å². The average Bonchev–Trinajstić information content (AvgIpc) is 2.99. The molecule has 6 nitrogen and oxygen atoms in total. The van der Waals surface area contributed by atoms with Gasteiger partial charge >= 0.3 is 5.69 Å². The number of hydrogen-bond acceptors (Lipinski definition) is 5. The molecule has 0 aliphatic heterocycles. The van der Waals surface area contributed by atoms with Crippen LogP contribution in [0.15, 0.2) is 11.4 Å². The zero-order valence-electron chi connectivity index (χ0n) is 11.8. The van der Waals surface area contributed by atoms with Gasteiger partial charge in [0, 0.05) is 11.4 Å². The maximum atomic E-state index is 11.2. The summed E-state index contributed by atoms with van der Waals surface area (Å²) in [5.41, 5.74) is 1.80. The van der Waals surface area contributed by atoms with Crippen molar-refractivity contribution < 1.29 is 4.92 Å². The summed E-state index contributed by atoms with van der Waals surface area (Å²) in [6.45, 7) is 6.88. The molecule has 20 heavy (non-hydrogen) atoms. The number of aromatic nitrogens is 2. The molecule has 0 aliphatic carbocycles. The third-order valence-corrected chi connectivity index (χ3v) is 4.18. The highest BCUT2D eigenvalue weighted by Gasteiger charge is 2.24. The highest BCUT2D eigenvalue weighted by molar-refractivity contribution is 7.10. The molecule has 2 aromatic heterocycles. The largest absolute Gasteiger partial charge is 0.360 e. The predicted octanol–water partition coefficient (Wildman–Crippen LogP) is 3.36. The first-order chi connectivity index (χ1) is 9.58. The molecule has 2 aromatic rings. The summed E-state index contributed by atoms with van der Waals surface area (Å²) in [4.78, 5) is 12.0. The monoisotopic (exact) mass is 294 g/mol. The summed E-state index contributed by atoms with van der Waals surface area (Å²) in [5.74, 6) is 0.491. The van der Waals surface area contributed by atoms with E-state index in [1.807, 2.05) is 12.3 Å². The lowest BCUT2D eigenvalue weighted by molar-refractivity contribution is -0.384. The topological polar surface area (TPSA) is 73.0 Å². The molecule has 0 unspecified atom stereocenters. The minimum absolute atomic E-state index is 0.0708. The van der Waals surface area contributed by atoms with E-state index in [2.05, 4.69) is 23.4 Å². The van der Waals surface area contributed by atoms with Gasteiger partial charge in [-0.2, -0.15) is 5.10 Å². The first-order valence-corrected chi connectivity index (χ1v) is 7.47. The Morgan fingerprint density at radius 1 is 1.50 bits per heavy atom. The minimum atomic E-state index is -0.369. The molecular weight excluding hydrogens is 276 g/mol. The van der Waals surface area contributed by atoms with Crippen molar-refractivity contribution >= 4 is 22.8 Å². The van der Waals surface area contributed by atoms with Crippen LogP contribution >= 0.6 is 11.3 Å². The number of hydrogen-bond donors (Lipinski definition) is 1. The summed E-state index contributed by atoms with van der Waals surface area (Å²) < 4.78 is 1.65. The van der Waals surface area contributed by atoms with Crippen LogP contribution in [0.2, 0.25) is 0 Å². The van der Waals surface area contributed by atoms with E-state index in [-0.39, 0.29) is 10.6 Å². The van der Waals surface area contributed by atoms with Gasteiger partial charge in [0.15, 0.2) is 0 Å². The standard InChI is InChI=1S/C13H18N4O2S/c1-4-10-6-7-20-11(10)8-14-13-12(17(18)19)9(3)15-16(13)5-2/h6-7,14H,4-5,8H2,1-3H3. The van der Waals surface area contributed by atoms with Crippen molar-refractivity contribution in [3.63, 3.8) is 0 Å². The van der Waals surface area contributed by atoms with Crippen molar-refractivity contribution in [2.45, 2.75) is 40.3 Å². The Morgan fingerprint density at radius 3 is 2.85 bits per heavy atom. The number of aryl methyl sites for hydroxylation is 3. The van der Waals surface area contributed by atoms with Gasteiger partial charge in [0.25, 0.3) is 0 Å². The summed E-state index contributed by atoms with van der Waals surface area (Å²) in [6, 6.07) is 2.10. The van der Waals surface area contributed by atoms with Crippen LogP contribution in [0.25, 0.3) is 0 Å². The zero-order chi connectivity index (χ0) is 14.7. The summed E-state index contributed by atoms with van der Waals surface area (Å²) in [7, 11) is 0.